The summed E-state index contributed by atoms with van der Waals surface area (Å²) in [5.74, 6) is -0.843. The maximum Gasteiger partial charge on any atom is 0.275 e. The molecule has 1 aromatic carbocycles. The van der Waals surface area contributed by atoms with Gasteiger partial charge in [0.25, 0.3) is 5.91 Å². The number of methoxy groups -OCH3 is 1. The van der Waals surface area contributed by atoms with Gasteiger partial charge in [-0.3, -0.25) is 9.59 Å². The Morgan fingerprint density at radius 2 is 2.20 bits per heavy atom. The average Bonchev–Trinajstić information content (AvgIpc) is 3.14. The fraction of sp³-hybridized carbons (Fsp3) is 0.353. The van der Waals surface area contributed by atoms with E-state index in [9.17, 15) is 14.0 Å². The molecule has 0 unspecified atom stereocenters. The third-order valence-electron chi connectivity index (χ3n) is 3.91. The molecule has 2 aromatic rings. The molecule has 3 rings (SSSR count). The van der Waals surface area contributed by atoms with Crippen molar-refractivity contribution in [3.05, 3.63) is 52.1 Å². The predicted octanol–water partition coefficient (Wildman–Crippen LogP) is 1.29. The topological polar surface area (TPSA) is 82.5 Å². The van der Waals surface area contributed by atoms with Crippen LogP contribution in [-0.2, 0) is 4.74 Å². The van der Waals surface area contributed by atoms with Crippen molar-refractivity contribution in [2.75, 3.05) is 20.3 Å². The monoisotopic (exact) mass is 347 g/mol. The molecule has 0 spiro atoms. The lowest BCUT2D eigenvalue weighted by atomic mass is 10.2. The highest BCUT2D eigenvalue weighted by molar-refractivity contribution is 5.92. The SMILES string of the molecule is COc1cc(=O)c(C(=O)NC[C@H]2CCCO2)nn1-c1ccc(F)cc1. The van der Waals surface area contributed by atoms with Gasteiger partial charge in [0.05, 0.1) is 25.0 Å². The normalized spacial score (nSPS) is 16.6. The van der Waals surface area contributed by atoms with Crippen LogP contribution in [0.15, 0.2) is 35.1 Å². The van der Waals surface area contributed by atoms with E-state index >= 15 is 0 Å². The minimum absolute atomic E-state index is 0.0403. The molecule has 0 saturated carbocycles. The largest absolute Gasteiger partial charge is 0.481 e. The van der Waals surface area contributed by atoms with Crippen LogP contribution in [0, 0.1) is 5.82 Å². The number of hydrogen-bond donors (Lipinski definition) is 1. The van der Waals surface area contributed by atoms with Crippen LogP contribution in [0.1, 0.15) is 23.3 Å². The van der Waals surface area contributed by atoms with Crippen LogP contribution in [0.2, 0.25) is 0 Å². The molecule has 1 saturated heterocycles. The Kier molecular flexibility index (Phi) is 5.08. The summed E-state index contributed by atoms with van der Waals surface area (Å²) in [6.45, 7) is 1.00. The maximum absolute atomic E-state index is 13.1. The fourth-order valence-electron chi connectivity index (χ4n) is 2.61. The summed E-state index contributed by atoms with van der Waals surface area (Å²) in [6.07, 6.45) is 1.79. The molecular formula is C17H18FN3O4. The van der Waals surface area contributed by atoms with Crippen LogP contribution in [0.3, 0.4) is 0 Å². The van der Waals surface area contributed by atoms with E-state index in [-0.39, 0.29) is 17.7 Å². The second-order valence-electron chi connectivity index (χ2n) is 5.63. The molecule has 2 heterocycles. The van der Waals surface area contributed by atoms with E-state index in [1.807, 2.05) is 0 Å². The van der Waals surface area contributed by atoms with Gasteiger partial charge in [0.2, 0.25) is 11.3 Å². The minimum Gasteiger partial charge on any atom is -0.481 e. The summed E-state index contributed by atoms with van der Waals surface area (Å²) in [7, 11) is 1.38. The number of benzene rings is 1. The standard InChI is InChI=1S/C17H18FN3O4/c1-24-15-9-14(22)16(17(23)19-10-13-3-2-8-25-13)20-21(15)12-6-4-11(18)5-7-12/h4-7,9,13H,2-3,8,10H2,1H3,(H,19,23)/t13-/m1/s1. The van der Waals surface area contributed by atoms with Crippen molar-refractivity contribution in [2.45, 2.75) is 18.9 Å². The maximum atomic E-state index is 13.1. The first kappa shape index (κ1) is 17.1. The van der Waals surface area contributed by atoms with Crippen molar-refractivity contribution < 1.29 is 18.7 Å². The van der Waals surface area contributed by atoms with E-state index in [1.54, 1.807) is 0 Å². The van der Waals surface area contributed by atoms with Gasteiger partial charge in [-0.1, -0.05) is 0 Å². The molecule has 7 nitrogen and oxygen atoms in total. The highest BCUT2D eigenvalue weighted by Crippen LogP contribution is 2.15. The molecule has 1 aliphatic heterocycles. The minimum atomic E-state index is -0.584. The number of nitrogens with zero attached hydrogens (tertiary/aromatic N) is 2. The third-order valence-corrected chi connectivity index (χ3v) is 3.91. The number of amides is 1. The number of ether oxygens (including phenoxy) is 2. The van der Waals surface area contributed by atoms with Crippen molar-refractivity contribution >= 4 is 5.91 Å². The van der Waals surface area contributed by atoms with Crippen LogP contribution in [0.25, 0.3) is 5.69 Å². The number of rotatable bonds is 5. The first-order valence-corrected chi connectivity index (χ1v) is 7.92. The van der Waals surface area contributed by atoms with Gasteiger partial charge in [-0.05, 0) is 37.1 Å². The molecular weight excluding hydrogens is 329 g/mol. The summed E-state index contributed by atoms with van der Waals surface area (Å²) >= 11 is 0. The van der Waals surface area contributed by atoms with Crippen LogP contribution in [0.5, 0.6) is 5.88 Å². The number of aromatic nitrogens is 2. The summed E-state index contributed by atoms with van der Waals surface area (Å²) in [5, 5.41) is 6.76. The summed E-state index contributed by atoms with van der Waals surface area (Å²) < 4.78 is 25.0. The van der Waals surface area contributed by atoms with Gasteiger partial charge in [0.15, 0.2) is 5.69 Å². The molecule has 1 atom stereocenters. The molecule has 1 aliphatic rings. The predicted molar refractivity (Wildman–Crippen MR) is 87.7 cm³/mol. The first-order chi connectivity index (χ1) is 12.1. The Labute approximate surface area is 143 Å². The number of halogens is 1. The molecule has 0 bridgehead atoms. The van der Waals surface area contributed by atoms with Crippen molar-refractivity contribution in [2.24, 2.45) is 0 Å². The van der Waals surface area contributed by atoms with Gasteiger partial charge in [-0.25, -0.2) is 9.07 Å². The number of nitrogens with one attached hydrogen (secondary N) is 1. The molecule has 0 radical (unpaired) electrons. The molecule has 1 aromatic heterocycles. The molecule has 1 N–H and O–H groups in total. The van der Waals surface area contributed by atoms with E-state index in [0.29, 0.717) is 18.8 Å². The number of carbonyl (C=O) groups is 1. The second-order valence-corrected chi connectivity index (χ2v) is 5.63. The summed E-state index contributed by atoms with van der Waals surface area (Å²) in [6, 6.07) is 6.64. The van der Waals surface area contributed by atoms with Crippen molar-refractivity contribution in [3.8, 4) is 11.6 Å². The van der Waals surface area contributed by atoms with Crippen molar-refractivity contribution in [1.29, 1.82) is 0 Å². The van der Waals surface area contributed by atoms with E-state index in [1.165, 1.54) is 42.1 Å². The summed E-state index contributed by atoms with van der Waals surface area (Å²) in [4.78, 5) is 24.5. The smallest absolute Gasteiger partial charge is 0.275 e. The lowest BCUT2D eigenvalue weighted by Crippen LogP contribution is -2.36. The highest BCUT2D eigenvalue weighted by Gasteiger charge is 2.20. The van der Waals surface area contributed by atoms with Gasteiger partial charge in [0.1, 0.15) is 5.82 Å². The molecule has 132 valence electrons. The molecule has 0 aliphatic carbocycles. The zero-order valence-electron chi connectivity index (χ0n) is 13.7. The lowest BCUT2D eigenvalue weighted by Gasteiger charge is -2.13. The van der Waals surface area contributed by atoms with E-state index in [2.05, 4.69) is 10.4 Å². The zero-order valence-corrected chi connectivity index (χ0v) is 13.7. The third kappa shape index (κ3) is 3.85. The highest BCUT2D eigenvalue weighted by atomic mass is 19.1. The molecule has 1 amide bonds. The first-order valence-electron chi connectivity index (χ1n) is 7.92. The van der Waals surface area contributed by atoms with Gasteiger partial charge < -0.3 is 14.8 Å². The van der Waals surface area contributed by atoms with Crippen molar-refractivity contribution in [1.82, 2.24) is 15.1 Å². The van der Waals surface area contributed by atoms with E-state index < -0.39 is 17.2 Å². The Morgan fingerprint density at radius 1 is 1.44 bits per heavy atom. The fourth-order valence-corrected chi connectivity index (χ4v) is 2.61. The molecule has 25 heavy (non-hydrogen) atoms. The number of carbonyl (C=O) groups excluding carboxylic acids is 1. The quantitative estimate of drug-likeness (QED) is 0.881. The van der Waals surface area contributed by atoms with Crippen molar-refractivity contribution in [3.63, 3.8) is 0 Å². The summed E-state index contributed by atoms with van der Waals surface area (Å²) in [5.41, 5.74) is -0.352. The van der Waals surface area contributed by atoms with Gasteiger partial charge in [-0.15, -0.1) is 0 Å². The van der Waals surface area contributed by atoms with Gasteiger partial charge in [-0.2, -0.15) is 5.10 Å². The Hall–Kier alpha value is -2.74. The van der Waals surface area contributed by atoms with Crippen LogP contribution in [0.4, 0.5) is 4.39 Å². The lowest BCUT2D eigenvalue weighted by molar-refractivity contribution is 0.0851. The second kappa shape index (κ2) is 7.43. The number of hydrogen-bond acceptors (Lipinski definition) is 5. The Bertz CT molecular complexity index is 814. The van der Waals surface area contributed by atoms with Crippen LogP contribution < -0.4 is 15.5 Å². The average molecular weight is 347 g/mol. The molecule has 1 fully saturated rings. The van der Waals surface area contributed by atoms with E-state index in [0.717, 1.165) is 12.8 Å². The molecule has 8 heteroatoms. The van der Waals surface area contributed by atoms with Gasteiger partial charge in [0, 0.05) is 13.2 Å². The van der Waals surface area contributed by atoms with Crippen LogP contribution >= 0.6 is 0 Å². The Morgan fingerprint density at radius 3 is 2.84 bits per heavy atom. The zero-order chi connectivity index (χ0) is 17.8. The van der Waals surface area contributed by atoms with Crippen LogP contribution in [-0.4, -0.2) is 42.1 Å². The van der Waals surface area contributed by atoms with Gasteiger partial charge >= 0.3 is 0 Å². The van der Waals surface area contributed by atoms with E-state index in [4.69, 9.17) is 9.47 Å². The Balaban J connectivity index is 1.88.